The van der Waals surface area contributed by atoms with E-state index in [1.807, 2.05) is 18.3 Å². The third-order valence-electron chi connectivity index (χ3n) is 2.43. The Morgan fingerprint density at radius 2 is 2.31 bits per heavy atom. The van der Waals surface area contributed by atoms with E-state index in [4.69, 9.17) is 5.73 Å². The van der Waals surface area contributed by atoms with Crippen molar-refractivity contribution in [2.75, 3.05) is 17.2 Å². The molecule has 0 saturated heterocycles. The van der Waals surface area contributed by atoms with Gasteiger partial charge in [-0.25, -0.2) is 4.98 Å². The van der Waals surface area contributed by atoms with Gasteiger partial charge in [-0.3, -0.25) is 0 Å². The highest BCUT2D eigenvalue weighted by atomic mass is 15.2. The molecule has 13 heavy (non-hydrogen) atoms. The zero-order chi connectivity index (χ0) is 9.26. The molecule has 1 aliphatic rings. The van der Waals surface area contributed by atoms with E-state index >= 15 is 0 Å². The molecule has 3 nitrogen and oxygen atoms in total. The summed E-state index contributed by atoms with van der Waals surface area (Å²) in [4.78, 5) is 6.48. The minimum absolute atomic E-state index is 0.593. The molecule has 2 rings (SSSR count). The number of nitrogens with zero attached hydrogens (tertiary/aromatic N) is 2. The summed E-state index contributed by atoms with van der Waals surface area (Å²) in [5.74, 6) is 0.593. The van der Waals surface area contributed by atoms with Crippen LogP contribution in [0.3, 0.4) is 0 Å². The fourth-order valence-corrected chi connectivity index (χ4v) is 1.61. The number of rotatable bonds is 3. The van der Waals surface area contributed by atoms with E-state index in [0.29, 0.717) is 5.82 Å². The molecule has 0 radical (unpaired) electrons. The second-order valence-corrected chi connectivity index (χ2v) is 3.46. The van der Waals surface area contributed by atoms with Crippen LogP contribution in [0.2, 0.25) is 0 Å². The number of anilines is 2. The van der Waals surface area contributed by atoms with Crippen molar-refractivity contribution in [2.24, 2.45) is 0 Å². The van der Waals surface area contributed by atoms with Gasteiger partial charge in [0, 0.05) is 12.6 Å². The topological polar surface area (TPSA) is 42.1 Å². The van der Waals surface area contributed by atoms with E-state index in [-0.39, 0.29) is 0 Å². The number of aromatic nitrogens is 1. The Morgan fingerprint density at radius 1 is 1.54 bits per heavy atom. The van der Waals surface area contributed by atoms with Gasteiger partial charge in [0.15, 0.2) is 0 Å². The molecule has 1 saturated carbocycles. The Labute approximate surface area is 78.6 Å². The van der Waals surface area contributed by atoms with Crippen molar-refractivity contribution in [3.05, 3.63) is 18.3 Å². The molecule has 0 aliphatic heterocycles. The summed E-state index contributed by atoms with van der Waals surface area (Å²) in [6.07, 6.45) is 4.49. The number of hydrogen-bond donors (Lipinski definition) is 1. The first-order chi connectivity index (χ1) is 6.31. The zero-order valence-corrected chi connectivity index (χ0v) is 7.90. The van der Waals surface area contributed by atoms with Gasteiger partial charge in [-0.15, -0.1) is 0 Å². The fourth-order valence-electron chi connectivity index (χ4n) is 1.61. The number of nitrogens with two attached hydrogens (primary N) is 1. The molecular formula is C10H15N3. The summed E-state index contributed by atoms with van der Waals surface area (Å²) >= 11 is 0. The lowest BCUT2D eigenvalue weighted by molar-refractivity contribution is 0.823. The molecule has 70 valence electrons. The van der Waals surface area contributed by atoms with Gasteiger partial charge in [0.25, 0.3) is 0 Å². The summed E-state index contributed by atoms with van der Waals surface area (Å²) in [6, 6.07) is 4.65. The monoisotopic (exact) mass is 177 g/mol. The lowest BCUT2D eigenvalue weighted by atomic mass is 10.3. The quantitative estimate of drug-likeness (QED) is 0.763. The van der Waals surface area contributed by atoms with Gasteiger partial charge in [-0.05, 0) is 31.9 Å². The van der Waals surface area contributed by atoms with Crippen LogP contribution in [0.4, 0.5) is 11.5 Å². The number of pyridine rings is 1. The number of nitrogen functional groups attached to an aromatic ring is 1. The molecule has 1 aromatic heterocycles. The minimum Gasteiger partial charge on any atom is -0.384 e. The first kappa shape index (κ1) is 8.35. The van der Waals surface area contributed by atoms with Gasteiger partial charge in [-0.2, -0.15) is 0 Å². The van der Waals surface area contributed by atoms with E-state index < -0.39 is 0 Å². The molecule has 0 amide bonds. The molecule has 0 unspecified atom stereocenters. The summed E-state index contributed by atoms with van der Waals surface area (Å²) in [7, 11) is 0. The third kappa shape index (κ3) is 1.74. The first-order valence-electron chi connectivity index (χ1n) is 4.79. The predicted molar refractivity (Wildman–Crippen MR) is 54.7 cm³/mol. The largest absolute Gasteiger partial charge is 0.384 e. The van der Waals surface area contributed by atoms with E-state index in [1.165, 1.54) is 18.5 Å². The van der Waals surface area contributed by atoms with Crippen LogP contribution in [-0.2, 0) is 0 Å². The van der Waals surface area contributed by atoms with Crippen LogP contribution in [0.25, 0.3) is 0 Å². The van der Waals surface area contributed by atoms with Gasteiger partial charge < -0.3 is 10.6 Å². The van der Waals surface area contributed by atoms with Gasteiger partial charge in [0.2, 0.25) is 0 Å². The summed E-state index contributed by atoms with van der Waals surface area (Å²) in [5.41, 5.74) is 6.72. The molecule has 0 spiro atoms. The van der Waals surface area contributed by atoms with Crippen molar-refractivity contribution < 1.29 is 0 Å². The van der Waals surface area contributed by atoms with Crippen LogP contribution < -0.4 is 10.6 Å². The normalized spacial score (nSPS) is 15.8. The minimum atomic E-state index is 0.593. The second-order valence-electron chi connectivity index (χ2n) is 3.46. The van der Waals surface area contributed by atoms with Gasteiger partial charge in [0.05, 0.1) is 11.9 Å². The highest BCUT2D eigenvalue weighted by Crippen LogP contribution is 2.30. The second kappa shape index (κ2) is 3.24. The van der Waals surface area contributed by atoms with Crippen LogP contribution in [-0.4, -0.2) is 17.6 Å². The predicted octanol–water partition coefficient (Wildman–Crippen LogP) is 1.65. The number of hydrogen-bond acceptors (Lipinski definition) is 3. The zero-order valence-electron chi connectivity index (χ0n) is 7.90. The first-order valence-corrected chi connectivity index (χ1v) is 4.79. The van der Waals surface area contributed by atoms with E-state index in [1.54, 1.807) is 0 Å². The van der Waals surface area contributed by atoms with Crippen molar-refractivity contribution in [2.45, 2.75) is 25.8 Å². The third-order valence-corrected chi connectivity index (χ3v) is 2.43. The molecule has 1 aliphatic carbocycles. The van der Waals surface area contributed by atoms with E-state index in [0.717, 1.165) is 12.6 Å². The van der Waals surface area contributed by atoms with Crippen molar-refractivity contribution in [1.29, 1.82) is 0 Å². The van der Waals surface area contributed by atoms with Crippen LogP contribution in [0, 0.1) is 0 Å². The lowest BCUT2D eigenvalue weighted by Crippen LogP contribution is -2.24. The summed E-state index contributed by atoms with van der Waals surface area (Å²) in [6.45, 7) is 3.23. The highest BCUT2D eigenvalue weighted by Gasteiger charge is 2.27. The van der Waals surface area contributed by atoms with Crippen molar-refractivity contribution in [3.63, 3.8) is 0 Å². The van der Waals surface area contributed by atoms with Crippen molar-refractivity contribution in [3.8, 4) is 0 Å². The molecular weight excluding hydrogens is 162 g/mol. The van der Waals surface area contributed by atoms with Crippen LogP contribution in [0.1, 0.15) is 19.8 Å². The maximum absolute atomic E-state index is 5.53. The van der Waals surface area contributed by atoms with Gasteiger partial charge >= 0.3 is 0 Å². The Hall–Kier alpha value is -1.25. The Kier molecular flexibility index (Phi) is 2.08. The summed E-state index contributed by atoms with van der Waals surface area (Å²) in [5, 5.41) is 0. The average Bonchev–Trinajstić information content (AvgIpc) is 2.93. The average molecular weight is 177 g/mol. The lowest BCUT2D eigenvalue weighted by Gasteiger charge is -2.22. The smallest absolute Gasteiger partial charge is 0.123 e. The van der Waals surface area contributed by atoms with Crippen LogP contribution in [0.15, 0.2) is 18.3 Å². The molecule has 1 fully saturated rings. The molecule has 3 heteroatoms. The molecule has 2 N–H and O–H groups in total. The Morgan fingerprint density at radius 3 is 2.77 bits per heavy atom. The van der Waals surface area contributed by atoms with Gasteiger partial charge in [-0.1, -0.05) is 0 Å². The van der Waals surface area contributed by atoms with E-state index in [9.17, 15) is 0 Å². The van der Waals surface area contributed by atoms with Crippen LogP contribution in [0.5, 0.6) is 0 Å². The molecule has 1 heterocycles. The maximum Gasteiger partial charge on any atom is 0.123 e. The van der Waals surface area contributed by atoms with Crippen molar-refractivity contribution in [1.82, 2.24) is 4.98 Å². The van der Waals surface area contributed by atoms with Gasteiger partial charge in [0.1, 0.15) is 5.82 Å². The SMILES string of the molecule is CCN(c1ccc(N)nc1)C1CC1. The van der Waals surface area contributed by atoms with Crippen LogP contribution >= 0.6 is 0 Å². The molecule has 0 bridgehead atoms. The Bertz CT molecular complexity index is 277. The van der Waals surface area contributed by atoms with Crippen molar-refractivity contribution >= 4 is 11.5 Å². The fraction of sp³-hybridized carbons (Fsp3) is 0.500. The standard InChI is InChI=1S/C10H15N3/c1-2-13(8-3-4-8)9-5-6-10(11)12-7-9/h5-8H,2-4H2,1H3,(H2,11,12). The maximum atomic E-state index is 5.53. The molecule has 0 aromatic carbocycles. The summed E-state index contributed by atoms with van der Waals surface area (Å²) < 4.78 is 0. The Balaban J connectivity index is 2.17. The van der Waals surface area contributed by atoms with E-state index in [2.05, 4.69) is 16.8 Å². The highest BCUT2D eigenvalue weighted by molar-refractivity contribution is 5.49. The molecule has 1 aromatic rings. The molecule has 0 atom stereocenters.